The van der Waals surface area contributed by atoms with Gasteiger partial charge in [0.15, 0.2) is 0 Å². The molecular weight excluding hydrogens is 242 g/mol. The predicted molar refractivity (Wildman–Crippen MR) is 62.9 cm³/mol. The van der Waals surface area contributed by atoms with E-state index in [1.54, 1.807) is 4.90 Å². The SMILES string of the molecule is CS(=O)(=O)O[C@@H]1CCN(C(=O)C2CCCC2)C1. The largest absolute Gasteiger partial charge is 0.340 e. The van der Waals surface area contributed by atoms with E-state index in [1.807, 2.05) is 0 Å². The summed E-state index contributed by atoms with van der Waals surface area (Å²) >= 11 is 0. The maximum Gasteiger partial charge on any atom is 0.264 e. The summed E-state index contributed by atoms with van der Waals surface area (Å²) in [5.74, 6) is 0.342. The lowest BCUT2D eigenvalue weighted by molar-refractivity contribution is -0.134. The highest BCUT2D eigenvalue weighted by molar-refractivity contribution is 7.86. The second-order valence-electron chi connectivity index (χ2n) is 4.98. The topological polar surface area (TPSA) is 63.7 Å². The van der Waals surface area contributed by atoms with Crippen molar-refractivity contribution in [3.63, 3.8) is 0 Å². The van der Waals surface area contributed by atoms with Crippen LogP contribution in [0.15, 0.2) is 0 Å². The van der Waals surface area contributed by atoms with Gasteiger partial charge in [0.05, 0.1) is 12.4 Å². The standard InChI is InChI=1S/C11H19NO4S/c1-17(14,15)16-10-6-7-12(8-10)11(13)9-4-2-3-5-9/h9-10H,2-8H2,1H3/t10-/m1/s1. The number of likely N-dealkylation sites (tertiary alicyclic amines) is 1. The Hall–Kier alpha value is -0.620. The summed E-state index contributed by atoms with van der Waals surface area (Å²) in [4.78, 5) is 13.8. The summed E-state index contributed by atoms with van der Waals surface area (Å²) in [5, 5.41) is 0. The van der Waals surface area contributed by atoms with Crippen molar-refractivity contribution in [3.8, 4) is 0 Å². The fourth-order valence-electron chi connectivity index (χ4n) is 2.69. The normalized spacial score (nSPS) is 26.6. The molecule has 0 aromatic carbocycles. The zero-order chi connectivity index (χ0) is 12.5. The molecule has 1 saturated heterocycles. The second-order valence-corrected chi connectivity index (χ2v) is 6.58. The zero-order valence-corrected chi connectivity index (χ0v) is 10.9. The Bertz CT molecular complexity index is 386. The summed E-state index contributed by atoms with van der Waals surface area (Å²) in [6, 6.07) is 0. The fourth-order valence-corrected chi connectivity index (χ4v) is 3.34. The van der Waals surface area contributed by atoms with E-state index < -0.39 is 10.1 Å². The van der Waals surface area contributed by atoms with Crippen molar-refractivity contribution in [1.29, 1.82) is 0 Å². The van der Waals surface area contributed by atoms with E-state index in [4.69, 9.17) is 4.18 Å². The summed E-state index contributed by atoms with van der Waals surface area (Å²) in [5.41, 5.74) is 0. The van der Waals surface area contributed by atoms with E-state index in [9.17, 15) is 13.2 Å². The number of nitrogens with zero attached hydrogens (tertiary/aromatic N) is 1. The van der Waals surface area contributed by atoms with Crippen LogP contribution in [0.3, 0.4) is 0 Å². The molecule has 98 valence electrons. The van der Waals surface area contributed by atoms with Gasteiger partial charge in [-0.3, -0.25) is 8.98 Å². The Morgan fingerprint density at radius 3 is 2.47 bits per heavy atom. The highest BCUT2D eigenvalue weighted by Gasteiger charge is 2.33. The number of carbonyl (C=O) groups is 1. The lowest BCUT2D eigenvalue weighted by atomic mass is 10.1. The van der Waals surface area contributed by atoms with Crippen molar-refractivity contribution in [2.24, 2.45) is 5.92 Å². The average Bonchev–Trinajstić information content (AvgIpc) is 2.83. The summed E-state index contributed by atoms with van der Waals surface area (Å²) in [7, 11) is -3.41. The summed E-state index contributed by atoms with van der Waals surface area (Å²) in [6.45, 7) is 1.04. The molecular formula is C11H19NO4S. The summed E-state index contributed by atoms with van der Waals surface area (Å²) in [6.07, 6.45) is 5.54. The molecule has 2 aliphatic rings. The smallest absolute Gasteiger partial charge is 0.264 e. The van der Waals surface area contributed by atoms with Crippen molar-refractivity contribution < 1.29 is 17.4 Å². The van der Waals surface area contributed by atoms with Crippen LogP contribution in [0, 0.1) is 5.92 Å². The van der Waals surface area contributed by atoms with E-state index in [1.165, 1.54) is 0 Å². The quantitative estimate of drug-likeness (QED) is 0.703. The van der Waals surface area contributed by atoms with Crippen LogP contribution in [0.4, 0.5) is 0 Å². The maximum absolute atomic E-state index is 12.1. The molecule has 2 rings (SSSR count). The Balaban J connectivity index is 1.87. The molecule has 0 radical (unpaired) electrons. The zero-order valence-electron chi connectivity index (χ0n) is 10.1. The highest BCUT2D eigenvalue weighted by Crippen LogP contribution is 2.28. The lowest BCUT2D eigenvalue weighted by Gasteiger charge is -2.20. The van der Waals surface area contributed by atoms with Gasteiger partial charge in [0, 0.05) is 19.0 Å². The molecule has 1 atom stereocenters. The molecule has 0 aromatic rings. The first kappa shape index (κ1) is 12.8. The molecule has 0 spiro atoms. The van der Waals surface area contributed by atoms with Crippen LogP contribution in [0.5, 0.6) is 0 Å². The first-order valence-electron chi connectivity index (χ1n) is 6.13. The van der Waals surface area contributed by atoms with E-state index in [-0.39, 0.29) is 17.9 Å². The monoisotopic (exact) mass is 261 g/mol. The first-order chi connectivity index (χ1) is 7.96. The molecule has 2 fully saturated rings. The Labute approximate surface area is 102 Å². The third kappa shape index (κ3) is 3.42. The first-order valence-corrected chi connectivity index (χ1v) is 7.94. The van der Waals surface area contributed by atoms with Crippen LogP contribution in [0.25, 0.3) is 0 Å². The van der Waals surface area contributed by atoms with Crippen LogP contribution < -0.4 is 0 Å². The van der Waals surface area contributed by atoms with Gasteiger partial charge in [-0.1, -0.05) is 12.8 Å². The average molecular weight is 261 g/mol. The van der Waals surface area contributed by atoms with E-state index in [0.717, 1.165) is 31.9 Å². The molecule has 1 aliphatic carbocycles. The predicted octanol–water partition coefficient (Wildman–Crippen LogP) is 0.754. The Morgan fingerprint density at radius 1 is 1.24 bits per heavy atom. The number of rotatable bonds is 3. The van der Waals surface area contributed by atoms with E-state index in [2.05, 4.69) is 0 Å². The molecule has 0 bridgehead atoms. The van der Waals surface area contributed by atoms with Gasteiger partial charge in [0.25, 0.3) is 10.1 Å². The van der Waals surface area contributed by atoms with Crippen molar-refractivity contribution >= 4 is 16.0 Å². The minimum Gasteiger partial charge on any atom is -0.340 e. The van der Waals surface area contributed by atoms with Crippen LogP contribution >= 0.6 is 0 Å². The summed E-state index contributed by atoms with van der Waals surface area (Å²) < 4.78 is 26.9. The van der Waals surface area contributed by atoms with Gasteiger partial charge >= 0.3 is 0 Å². The van der Waals surface area contributed by atoms with Crippen LogP contribution in [0.1, 0.15) is 32.1 Å². The molecule has 17 heavy (non-hydrogen) atoms. The van der Waals surface area contributed by atoms with Crippen LogP contribution in [-0.4, -0.2) is 44.7 Å². The van der Waals surface area contributed by atoms with Crippen molar-refractivity contribution in [3.05, 3.63) is 0 Å². The van der Waals surface area contributed by atoms with Gasteiger partial charge in [0.1, 0.15) is 0 Å². The van der Waals surface area contributed by atoms with Crippen LogP contribution in [-0.2, 0) is 19.1 Å². The number of hydrogen-bond acceptors (Lipinski definition) is 4. The third-order valence-corrected chi connectivity index (χ3v) is 4.09. The Kier molecular flexibility index (Phi) is 3.73. The van der Waals surface area contributed by atoms with Crippen molar-refractivity contribution in [1.82, 2.24) is 4.90 Å². The van der Waals surface area contributed by atoms with Gasteiger partial charge in [-0.05, 0) is 19.3 Å². The molecule has 0 aromatic heterocycles. The molecule has 1 amide bonds. The van der Waals surface area contributed by atoms with Gasteiger partial charge < -0.3 is 4.90 Å². The highest BCUT2D eigenvalue weighted by atomic mass is 32.2. The molecule has 1 heterocycles. The number of amides is 1. The molecule has 6 heteroatoms. The van der Waals surface area contributed by atoms with E-state index in [0.29, 0.717) is 19.5 Å². The van der Waals surface area contributed by atoms with Crippen LogP contribution in [0.2, 0.25) is 0 Å². The lowest BCUT2D eigenvalue weighted by Crippen LogP contribution is -2.34. The van der Waals surface area contributed by atoms with Crippen molar-refractivity contribution in [2.75, 3.05) is 19.3 Å². The van der Waals surface area contributed by atoms with Gasteiger partial charge in [-0.2, -0.15) is 8.42 Å². The second kappa shape index (κ2) is 4.94. The molecule has 5 nitrogen and oxygen atoms in total. The van der Waals surface area contributed by atoms with Gasteiger partial charge in [-0.15, -0.1) is 0 Å². The fraction of sp³-hybridized carbons (Fsp3) is 0.909. The van der Waals surface area contributed by atoms with Gasteiger partial charge in [0.2, 0.25) is 5.91 Å². The minimum absolute atomic E-state index is 0.159. The molecule has 0 unspecified atom stereocenters. The maximum atomic E-state index is 12.1. The third-order valence-electron chi connectivity index (χ3n) is 3.47. The number of carbonyl (C=O) groups excluding carboxylic acids is 1. The molecule has 1 saturated carbocycles. The Morgan fingerprint density at radius 2 is 1.88 bits per heavy atom. The molecule has 0 N–H and O–H groups in total. The van der Waals surface area contributed by atoms with Gasteiger partial charge in [-0.25, -0.2) is 0 Å². The molecule has 1 aliphatic heterocycles. The number of hydrogen-bond donors (Lipinski definition) is 0. The van der Waals surface area contributed by atoms with E-state index >= 15 is 0 Å². The van der Waals surface area contributed by atoms with Crippen molar-refractivity contribution in [2.45, 2.75) is 38.2 Å². The minimum atomic E-state index is -3.41.